The van der Waals surface area contributed by atoms with Crippen LogP contribution in [-0.4, -0.2) is 0 Å². The highest BCUT2D eigenvalue weighted by Gasteiger charge is 2.49. The molecule has 0 radical (unpaired) electrons. The van der Waals surface area contributed by atoms with E-state index in [1.807, 2.05) is 0 Å². The van der Waals surface area contributed by atoms with E-state index in [4.69, 9.17) is 8.83 Å². The highest BCUT2D eigenvalue weighted by atomic mass is 16.3. The smallest absolute Gasteiger partial charge is 0.159 e. The highest BCUT2D eigenvalue weighted by molar-refractivity contribution is 6.22. The van der Waals surface area contributed by atoms with Crippen LogP contribution in [0, 0.1) is 13.8 Å². The first kappa shape index (κ1) is 57.7. The average molecular weight is 1270 g/mol. The van der Waals surface area contributed by atoms with Crippen molar-refractivity contribution >= 4 is 99.5 Å². The molecule has 0 saturated carbocycles. The van der Waals surface area contributed by atoms with Crippen LogP contribution in [0.2, 0.25) is 0 Å². The Kier molecular flexibility index (Phi) is 13.6. The Morgan fingerprint density at radius 1 is 0.222 bits per heavy atom. The Hall–Kier alpha value is -12.8. The summed E-state index contributed by atoms with van der Waals surface area (Å²) < 4.78 is 15.1. The fraction of sp³-hybridized carbons (Fsp3) is 0.0316. The third kappa shape index (κ3) is 8.93. The lowest BCUT2D eigenvalue weighted by atomic mass is 9.67. The van der Waals surface area contributed by atoms with Gasteiger partial charge in [-0.3, -0.25) is 0 Å². The summed E-state index contributed by atoms with van der Waals surface area (Å²) in [6.07, 6.45) is 0. The first-order chi connectivity index (χ1) is 49.0. The van der Waals surface area contributed by atoms with Crippen LogP contribution in [0.5, 0.6) is 0 Å². The van der Waals surface area contributed by atoms with Crippen LogP contribution in [0.15, 0.2) is 361 Å². The first-order valence-electron chi connectivity index (χ1n) is 34.1. The molecular formula is C95H64N2O2. The Balaban J connectivity index is 0.947. The average Bonchev–Trinajstić information content (AvgIpc) is 1.52. The van der Waals surface area contributed by atoms with Crippen molar-refractivity contribution in [3.05, 3.63) is 385 Å². The van der Waals surface area contributed by atoms with Gasteiger partial charge in [-0.1, -0.05) is 315 Å². The van der Waals surface area contributed by atoms with E-state index in [9.17, 15) is 0 Å². The number of benzene rings is 16. The van der Waals surface area contributed by atoms with Gasteiger partial charge in [0.25, 0.3) is 0 Å². The number of furan rings is 2. The number of hydrogen-bond donors (Lipinski definition) is 0. The summed E-state index contributed by atoms with van der Waals surface area (Å²) in [5.74, 6) is 0. The Morgan fingerprint density at radius 2 is 0.515 bits per heavy atom. The molecule has 2 aromatic heterocycles. The number of hydrogen-bond acceptors (Lipinski definition) is 4. The van der Waals surface area contributed by atoms with Gasteiger partial charge >= 0.3 is 0 Å². The molecule has 18 aromatic rings. The Bertz CT molecular complexity index is 5830. The third-order valence-corrected chi connectivity index (χ3v) is 20.8. The number of anilines is 6. The molecule has 0 amide bonds. The molecule has 2 heterocycles. The van der Waals surface area contributed by atoms with Crippen molar-refractivity contribution in [3.8, 4) is 55.6 Å². The van der Waals surface area contributed by atoms with E-state index in [1.165, 1.54) is 33.4 Å². The van der Waals surface area contributed by atoms with Gasteiger partial charge in [0, 0.05) is 54.6 Å². The summed E-state index contributed by atoms with van der Waals surface area (Å²) in [5.41, 5.74) is 26.6. The second-order valence-electron chi connectivity index (χ2n) is 26.2. The second kappa shape index (κ2) is 23.3. The summed E-state index contributed by atoms with van der Waals surface area (Å²) >= 11 is 0. The molecule has 0 atom stereocenters. The van der Waals surface area contributed by atoms with Crippen LogP contribution in [0.1, 0.15) is 33.4 Å². The zero-order valence-corrected chi connectivity index (χ0v) is 54.7. The van der Waals surface area contributed by atoms with Crippen molar-refractivity contribution in [1.82, 2.24) is 0 Å². The molecule has 19 rings (SSSR count). The molecule has 0 bridgehead atoms. The van der Waals surface area contributed by atoms with Gasteiger partial charge < -0.3 is 18.6 Å². The molecule has 1 aliphatic rings. The van der Waals surface area contributed by atoms with Gasteiger partial charge in [-0.2, -0.15) is 0 Å². The van der Waals surface area contributed by atoms with E-state index in [1.54, 1.807) is 0 Å². The number of fused-ring (bicyclic) bond motifs is 13. The SMILES string of the molecule is Cc1ccccc1-c1cccc2c1oc1c(N(c3ccccc3-c3ccccc3)c3cc4c(c5ccccc35)-c3c(cc(N(c5ccccc5-c5ccccc5)c5cccc6c5oc5c(-c7ccccc7C)cccc56)c5ccccc35)C4(c3ccccc3)c3ccccc3)cccc12. The van der Waals surface area contributed by atoms with Gasteiger partial charge in [-0.15, -0.1) is 0 Å². The van der Waals surface area contributed by atoms with Crippen LogP contribution < -0.4 is 9.80 Å². The quantitative estimate of drug-likeness (QED) is 0.122. The van der Waals surface area contributed by atoms with Gasteiger partial charge in [-0.25, -0.2) is 0 Å². The lowest BCUT2D eigenvalue weighted by molar-refractivity contribution is 0.670. The van der Waals surface area contributed by atoms with Gasteiger partial charge in [0.2, 0.25) is 0 Å². The zero-order valence-electron chi connectivity index (χ0n) is 54.7. The van der Waals surface area contributed by atoms with E-state index in [2.05, 4.69) is 375 Å². The van der Waals surface area contributed by atoms with Crippen molar-refractivity contribution in [2.75, 3.05) is 9.80 Å². The number of para-hydroxylation sites is 6. The fourth-order valence-corrected chi connectivity index (χ4v) is 16.5. The van der Waals surface area contributed by atoms with Crippen molar-refractivity contribution in [2.45, 2.75) is 19.3 Å². The first-order valence-corrected chi connectivity index (χ1v) is 34.1. The molecule has 1 aliphatic carbocycles. The van der Waals surface area contributed by atoms with E-state index in [0.717, 1.165) is 155 Å². The summed E-state index contributed by atoms with van der Waals surface area (Å²) in [7, 11) is 0. The third-order valence-electron chi connectivity index (χ3n) is 20.8. The minimum Gasteiger partial charge on any atom is -0.453 e. The minimum atomic E-state index is -0.929. The molecule has 0 fully saturated rings. The standard InChI is InChI=1S/C95H64N2O2/c1-61-31-15-17-41-67(61)75-49-27-51-77-79-53-29-57-85(93(79)98-91(75)77)96(83-55-25-23-43-69(83)63-33-7-3-8-34-63)87-59-81-89(73-47-21-19-45-71(73)87)90-74-48-22-20-46-72(74)88(60-82(90)95(81,65-37-11-5-12-38-65)66-39-13-6-14-40-66)97(84-56-26-24-44-70(84)64-35-9-4-10-36-64)86-58-30-54-80-78-52-28-50-76(92(78)99-94(80)86)68-42-18-16-32-62(68)2/h3-60H,1-2H3. The number of aryl methyl sites for hydroxylation is 2. The van der Waals surface area contributed by atoms with Gasteiger partial charge in [0.1, 0.15) is 11.2 Å². The fourth-order valence-electron chi connectivity index (χ4n) is 16.5. The number of nitrogens with zero attached hydrogens (tertiary/aromatic N) is 2. The van der Waals surface area contributed by atoms with E-state index in [-0.39, 0.29) is 0 Å². The summed E-state index contributed by atoms with van der Waals surface area (Å²) in [4.78, 5) is 5.02. The zero-order chi connectivity index (χ0) is 65.7. The maximum absolute atomic E-state index is 7.54. The molecule has 466 valence electrons. The molecule has 4 heteroatoms. The molecular weight excluding hydrogens is 1200 g/mol. The second-order valence-corrected chi connectivity index (χ2v) is 26.2. The van der Waals surface area contributed by atoms with Crippen LogP contribution in [0.25, 0.3) is 121 Å². The monoisotopic (exact) mass is 1260 g/mol. The van der Waals surface area contributed by atoms with Crippen LogP contribution in [-0.2, 0) is 5.41 Å². The van der Waals surface area contributed by atoms with Gasteiger partial charge in [0.15, 0.2) is 11.2 Å². The normalized spacial score (nSPS) is 12.4. The van der Waals surface area contributed by atoms with E-state index >= 15 is 0 Å². The summed E-state index contributed by atoms with van der Waals surface area (Å²) in [5, 5.41) is 8.71. The minimum absolute atomic E-state index is 0.805. The van der Waals surface area contributed by atoms with Crippen LogP contribution in [0.4, 0.5) is 34.1 Å². The topological polar surface area (TPSA) is 32.8 Å². The molecule has 16 aromatic carbocycles. The number of rotatable bonds is 12. The molecule has 4 nitrogen and oxygen atoms in total. The van der Waals surface area contributed by atoms with E-state index in [0.29, 0.717) is 0 Å². The predicted molar refractivity (Wildman–Crippen MR) is 414 cm³/mol. The van der Waals surface area contributed by atoms with Crippen molar-refractivity contribution in [1.29, 1.82) is 0 Å². The molecule has 99 heavy (non-hydrogen) atoms. The molecule has 0 spiro atoms. The van der Waals surface area contributed by atoms with Crippen LogP contribution >= 0.6 is 0 Å². The molecule has 0 saturated heterocycles. The highest BCUT2D eigenvalue weighted by Crippen LogP contribution is 2.64. The molecule has 0 aliphatic heterocycles. The van der Waals surface area contributed by atoms with Crippen molar-refractivity contribution in [3.63, 3.8) is 0 Å². The largest absolute Gasteiger partial charge is 0.453 e. The molecule has 0 N–H and O–H groups in total. The lowest BCUT2D eigenvalue weighted by Gasteiger charge is -2.36. The predicted octanol–water partition coefficient (Wildman–Crippen LogP) is 26.4. The summed E-state index contributed by atoms with van der Waals surface area (Å²) in [6, 6.07) is 129. The van der Waals surface area contributed by atoms with Crippen molar-refractivity contribution < 1.29 is 8.83 Å². The maximum Gasteiger partial charge on any atom is 0.159 e. The molecule has 0 unspecified atom stereocenters. The maximum atomic E-state index is 7.54. The van der Waals surface area contributed by atoms with Gasteiger partial charge in [0.05, 0.1) is 39.5 Å². The lowest BCUT2D eigenvalue weighted by Crippen LogP contribution is -2.29. The van der Waals surface area contributed by atoms with Crippen molar-refractivity contribution in [2.24, 2.45) is 0 Å². The summed E-state index contributed by atoms with van der Waals surface area (Å²) in [6.45, 7) is 4.37. The Morgan fingerprint density at radius 3 is 0.919 bits per heavy atom. The van der Waals surface area contributed by atoms with Gasteiger partial charge in [-0.05, 0) is 128 Å². The van der Waals surface area contributed by atoms with Crippen LogP contribution in [0.3, 0.4) is 0 Å². The Labute approximate surface area is 574 Å². The van der Waals surface area contributed by atoms with E-state index < -0.39 is 5.41 Å².